The van der Waals surface area contributed by atoms with Gasteiger partial charge in [-0.3, -0.25) is 0 Å². The maximum atomic E-state index is 14.1. The van der Waals surface area contributed by atoms with Crippen LogP contribution in [-0.2, 0) is 6.54 Å². The van der Waals surface area contributed by atoms with Gasteiger partial charge in [-0.1, -0.05) is 84.1 Å². The molecular weight excluding hydrogens is 472 g/mol. The molecule has 1 heterocycles. The number of para-hydroxylation sites is 1. The van der Waals surface area contributed by atoms with E-state index < -0.39 is 0 Å². The average Bonchev–Trinajstić information content (AvgIpc) is 3.40. The van der Waals surface area contributed by atoms with Gasteiger partial charge >= 0.3 is 6.03 Å². The molecule has 3 aliphatic rings. The van der Waals surface area contributed by atoms with Crippen LogP contribution in [-0.4, -0.2) is 23.8 Å². The number of amides is 2. The fourth-order valence-electron chi connectivity index (χ4n) is 6.97. The number of urea groups is 1. The fraction of sp³-hybridized carbons (Fsp3) is 0.606. The van der Waals surface area contributed by atoms with E-state index in [-0.39, 0.29) is 18.9 Å². The maximum Gasteiger partial charge on any atom is 0.322 e. The lowest BCUT2D eigenvalue weighted by atomic mass is 9.72. The number of hydrogen-bond donors (Lipinski definition) is 1. The van der Waals surface area contributed by atoms with Crippen molar-refractivity contribution in [3.8, 4) is 11.5 Å². The standard InChI is InChI=1S/C33H46N2O3/c1-22(2)28-11-8-12-29(23(3)4)32(28)34-33(36)35(20-24-13-18-30-31(19-24)38-21-37-30)27-16-14-26(15-17-27)25-9-6-5-7-10-25/h8,11-13,18-19,22-23,25-27H,5-7,9-10,14-17,20-21H2,1-4H3,(H,34,36)/t26-,27-. The lowest BCUT2D eigenvalue weighted by Gasteiger charge is -2.40. The predicted molar refractivity (Wildman–Crippen MR) is 154 cm³/mol. The van der Waals surface area contributed by atoms with Crippen LogP contribution in [0.25, 0.3) is 0 Å². The van der Waals surface area contributed by atoms with Crippen molar-refractivity contribution in [2.45, 2.75) is 110 Å². The van der Waals surface area contributed by atoms with E-state index in [4.69, 9.17) is 9.47 Å². The zero-order valence-corrected chi connectivity index (χ0v) is 23.8. The predicted octanol–water partition coefficient (Wildman–Crippen LogP) is 8.84. The molecule has 2 aliphatic carbocycles. The fourth-order valence-corrected chi connectivity index (χ4v) is 6.97. The van der Waals surface area contributed by atoms with Crippen molar-refractivity contribution in [3.05, 3.63) is 53.1 Å². The Morgan fingerprint density at radius 2 is 1.47 bits per heavy atom. The molecule has 5 heteroatoms. The summed E-state index contributed by atoms with van der Waals surface area (Å²) in [5.41, 5.74) is 4.48. The van der Waals surface area contributed by atoms with Gasteiger partial charge in [0.15, 0.2) is 11.5 Å². The van der Waals surface area contributed by atoms with Crippen LogP contribution in [0.5, 0.6) is 11.5 Å². The Morgan fingerprint density at radius 1 is 0.842 bits per heavy atom. The topological polar surface area (TPSA) is 50.8 Å². The molecule has 5 rings (SSSR count). The lowest BCUT2D eigenvalue weighted by molar-refractivity contribution is 0.120. The molecule has 0 radical (unpaired) electrons. The van der Waals surface area contributed by atoms with Crippen molar-refractivity contribution < 1.29 is 14.3 Å². The third-order valence-corrected chi connectivity index (χ3v) is 9.15. The van der Waals surface area contributed by atoms with Crippen molar-refractivity contribution in [3.63, 3.8) is 0 Å². The van der Waals surface area contributed by atoms with Gasteiger partial charge in [0.2, 0.25) is 6.79 Å². The van der Waals surface area contributed by atoms with E-state index in [0.29, 0.717) is 18.4 Å². The molecule has 0 spiro atoms. The second-order valence-corrected chi connectivity index (χ2v) is 12.3. The van der Waals surface area contributed by atoms with Gasteiger partial charge in [-0.05, 0) is 78.2 Å². The van der Waals surface area contributed by atoms with Crippen molar-refractivity contribution in [2.24, 2.45) is 11.8 Å². The van der Waals surface area contributed by atoms with E-state index in [0.717, 1.165) is 47.4 Å². The molecule has 2 amide bonds. The molecule has 5 nitrogen and oxygen atoms in total. The van der Waals surface area contributed by atoms with Crippen LogP contribution in [0.3, 0.4) is 0 Å². The number of carbonyl (C=O) groups is 1. The summed E-state index contributed by atoms with van der Waals surface area (Å²) in [5.74, 6) is 3.94. The number of rotatable bonds is 7. The molecule has 2 aromatic rings. The summed E-state index contributed by atoms with van der Waals surface area (Å²) < 4.78 is 11.2. The molecule has 2 fully saturated rings. The van der Waals surface area contributed by atoms with Gasteiger partial charge in [0.1, 0.15) is 0 Å². The second kappa shape index (κ2) is 12.0. The van der Waals surface area contributed by atoms with Crippen LogP contribution in [0.2, 0.25) is 0 Å². The Morgan fingerprint density at radius 3 is 2.13 bits per heavy atom. The monoisotopic (exact) mass is 518 g/mol. The van der Waals surface area contributed by atoms with E-state index in [9.17, 15) is 4.79 Å². The number of anilines is 1. The van der Waals surface area contributed by atoms with Gasteiger partial charge in [-0.25, -0.2) is 4.79 Å². The quantitative estimate of drug-likeness (QED) is 0.398. The molecular formula is C33H46N2O3. The van der Waals surface area contributed by atoms with Crippen LogP contribution in [0.4, 0.5) is 10.5 Å². The van der Waals surface area contributed by atoms with Gasteiger partial charge in [0, 0.05) is 18.3 Å². The minimum absolute atomic E-state index is 0.0128. The Kier molecular flexibility index (Phi) is 8.50. The van der Waals surface area contributed by atoms with Crippen LogP contribution in [0.1, 0.15) is 114 Å². The minimum Gasteiger partial charge on any atom is -0.454 e. The molecule has 2 aromatic carbocycles. The van der Waals surface area contributed by atoms with E-state index in [1.165, 1.54) is 56.1 Å². The van der Waals surface area contributed by atoms with Crippen LogP contribution < -0.4 is 14.8 Å². The smallest absolute Gasteiger partial charge is 0.322 e. The number of fused-ring (bicyclic) bond motifs is 1. The van der Waals surface area contributed by atoms with E-state index in [1.807, 2.05) is 12.1 Å². The summed E-state index contributed by atoms with van der Waals surface area (Å²) in [6.45, 7) is 9.64. The van der Waals surface area contributed by atoms with Crippen molar-refractivity contribution >= 4 is 11.7 Å². The molecule has 0 unspecified atom stereocenters. The number of hydrogen-bond acceptors (Lipinski definition) is 3. The first kappa shape index (κ1) is 26.9. The average molecular weight is 519 g/mol. The highest BCUT2D eigenvalue weighted by atomic mass is 16.7. The van der Waals surface area contributed by atoms with Crippen LogP contribution in [0.15, 0.2) is 36.4 Å². The number of carbonyl (C=O) groups excluding carboxylic acids is 1. The third kappa shape index (κ3) is 5.97. The highest BCUT2D eigenvalue weighted by Crippen LogP contribution is 2.40. The lowest BCUT2D eigenvalue weighted by Crippen LogP contribution is -2.45. The highest BCUT2D eigenvalue weighted by molar-refractivity contribution is 5.91. The van der Waals surface area contributed by atoms with E-state index >= 15 is 0 Å². The third-order valence-electron chi connectivity index (χ3n) is 9.15. The molecule has 0 aromatic heterocycles. The van der Waals surface area contributed by atoms with Gasteiger partial charge in [-0.2, -0.15) is 0 Å². The molecule has 0 saturated heterocycles. The van der Waals surface area contributed by atoms with Crippen LogP contribution >= 0.6 is 0 Å². The zero-order valence-electron chi connectivity index (χ0n) is 23.8. The number of nitrogens with one attached hydrogen (secondary N) is 1. The van der Waals surface area contributed by atoms with Crippen molar-refractivity contribution in [1.82, 2.24) is 4.90 Å². The van der Waals surface area contributed by atoms with E-state index in [2.05, 4.69) is 62.2 Å². The Labute approximate surface area is 229 Å². The maximum absolute atomic E-state index is 14.1. The van der Waals surface area contributed by atoms with E-state index in [1.54, 1.807) is 0 Å². The molecule has 1 N–H and O–H groups in total. The Bertz CT molecular complexity index is 1070. The summed E-state index contributed by atoms with van der Waals surface area (Å²) in [6, 6.07) is 12.8. The van der Waals surface area contributed by atoms with Crippen molar-refractivity contribution in [2.75, 3.05) is 12.1 Å². The summed E-state index contributed by atoms with van der Waals surface area (Å²) in [4.78, 5) is 16.2. The molecule has 2 saturated carbocycles. The van der Waals surface area contributed by atoms with Gasteiger partial charge < -0.3 is 19.7 Å². The first-order valence-corrected chi connectivity index (χ1v) is 15.0. The van der Waals surface area contributed by atoms with Crippen LogP contribution in [0, 0.1) is 11.8 Å². The highest BCUT2D eigenvalue weighted by Gasteiger charge is 2.33. The van der Waals surface area contributed by atoms with Crippen molar-refractivity contribution in [1.29, 1.82) is 0 Å². The summed E-state index contributed by atoms with van der Waals surface area (Å²) >= 11 is 0. The van der Waals surface area contributed by atoms with Gasteiger partial charge in [-0.15, -0.1) is 0 Å². The van der Waals surface area contributed by atoms with Gasteiger partial charge in [0.25, 0.3) is 0 Å². The first-order chi connectivity index (χ1) is 18.4. The number of benzene rings is 2. The minimum atomic E-state index is 0.0128. The SMILES string of the molecule is CC(C)c1cccc(C(C)C)c1NC(=O)N(Cc1ccc2c(c1)OCO2)[C@H]1CC[C@H](C2CCCCC2)CC1. The molecule has 0 bridgehead atoms. The summed E-state index contributed by atoms with van der Waals surface area (Å²) in [7, 11) is 0. The number of nitrogens with zero attached hydrogens (tertiary/aromatic N) is 1. The normalized spacial score (nSPS) is 21.6. The number of ether oxygens (including phenoxy) is 2. The molecule has 0 atom stereocenters. The second-order valence-electron chi connectivity index (χ2n) is 12.3. The molecule has 206 valence electrons. The summed E-state index contributed by atoms with van der Waals surface area (Å²) in [6.07, 6.45) is 11.7. The Balaban J connectivity index is 1.38. The molecule has 38 heavy (non-hydrogen) atoms. The first-order valence-electron chi connectivity index (χ1n) is 15.0. The molecule has 1 aliphatic heterocycles. The van der Waals surface area contributed by atoms with Gasteiger partial charge in [0.05, 0.1) is 0 Å². The summed E-state index contributed by atoms with van der Waals surface area (Å²) in [5, 5.41) is 3.42. The zero-order chi connectivity index (χ0) is 26.6. The largest absolute Gasteiger partial charge is 0.454 e. The Hall–Kier alpha value is -2.69.